The first-order valence-corrected chi connectivity index (χ1v) is 6.46. The minimum atomic E-state index is 0.421. The lowest BCUT2D eigenvalue weighted by Crippen LogP contribution is -2.24. The molecule has 1 aromatic rings. The molecule has 18 heavy (non-hydrogen) atoms. The molecule has 1 rings (SSSR count). The van der Waals surface area contributed by atoms with Gasteiger partial charge in [-0.15, -0.1) is 6.42 Å². The molecule has 3 heteroatoms. The molecule has 0 spiro atoms. The number of nitrogens with zero attached hydrogens (tertiary/aromatic N) is 2. The molecule has 1 N–H and O–H groups in total. The van der Waals surface area contributed by atoms with Crippen LogP contribution in [0.4, 0.5) is 5.82 Å². The Balaban J connectivity index is 3.13. The van der Waals surface area contributed by atoms with Crippen molar-refractivity contribution in [1.29, 1.82) is 0 Å². The van der Waals surface area contributed by atoms with Gasteiger partial charge in [-0.3, -0.25) is 0 Å². The van der Waals surface area contributed by atoms with Gasteiger partial charge < -0.3 is 10.2 Å². The number of aromatic nitrogens is 1. The lowest BCUT2D eigenvalue weighted by molar-refractivity contribution is 0.776. The maximum atomic E-state index is 5.41. The van der Waals surface area contributed by atoms with Gasteiger partial charge in [-0.2, -0.15) is 0 Å². The number of pyridine rings is 1. The normalized spacial score (nSPS) is 10.4. The van der Waals surface area contributed by atoms with Gasteiger partial charge >= 0.3 is 0 Å². The van der Waals surface area contributed by atoms with E-state index < -0.39 is 0 Å². The second-order valence-electron chi connectivity index (χ2n) is 4.66. The zero-order valence-electron chi connectivity index (χ0n) is 11.8. The minimum absolute atomic E-state index is 0.421. The molecule has 0 fully saturated rings. The summed E-state index contributed by atoms with van der Waals surface area (Å²) in [5.41, 5.74) is 2.37. The van der Waals surface area contributed by atoms with Crippen LogP contribution in [-0.4, -0.2) is 25.1 Å². The fraction of sp³-hybridized carbons (Fsp3) is 0.533. The van der Waals surface area contributed by atoms with E-state index in [1.165, 1.54) is 5.56 Å². The molecule has 98 valence electrons. The summed E-state index contributed by atoms with van der Waals surface area (Å²) in [6.45, 7) is 8.74. The van der Waals surface area contributed by atoms with E-state index in [4.69, 9.17) is 11.4 Å². The third-order valence-electron chi connectivity index (χ3n) is 2.85. The average molecular weight is 245 g/mol. The van der Waals surface area contributed by atoms with E-state index in [1.54, 1.807) is 0 Å². The summed E-state index contributed by atoms with van der Waals surface area (Å²) < 4.78 is 0. The van der Waals surface area contributed by atoms with Gasteiger partial charge in [-0.25, -0.2) is 4.98 Å². The van der Waals surface area contributed by atoms with Gasteiger partial charge in [-0.05, 0) is 37.6 Å². The van der Waals surface area contributed by atoms with Crippen LogP contribution in [0.25, 0.3) is 0 Å². The molecule has 1 aromatic heterocycles. The van der Waals surface area contributed by atoms with Crippen molar-refractivity contribution in [3.05, 3.63) is 23.4 Å². The maximum Gasteiger partial charge on any atom is 0.129 e. The molecule has 0 aliphatic carbocycles. The fourth-order valence-corrected chi connectivity index (χ4v) is 1.82. The van der Waals surface area contributed by atoms with E-state index in [1.807, 2.05) is 7.05 Å². The fourth-order valence-electron chi connectivity index (χ4n) is 1.82. The molecule has 0 saturated heterocycles. The average Bonchev–Trinajstić information content (AvgIpc) is 2.35. The molecule has 3 nitrogen and oxygen atoms in total. The molecule has 0 unspecified atom stereocenters. The number of terminal acetylenes is 1. The van der Waals surface area contributed by atoms with Crippen LogP contribution in [0.5, 0.6) is 0 Å². The third-order valence-corrected chi connectivity index (χ3v) is 2.85. The van der Waals surface area contributed by atoms with E-state index in [0.29, 0.717) is 12.5 Å². The van der Waals surface area contributed by atoms with Crippen LogP contribution < -0.4 is 10.2 Å². The van der Waals surface area contributed by atoms with E-state index in [-0.39, 0.29) is 0 Å². The monoisotopic (exact) mass is 245 g/mol. The SMILES string of the molecule is C#CCN(CC)c1cc(CNC)cc(C(C)C)n1. The van der Waals surface area contributed by atoms with Crippen molar-refractivity contribution in [1.82, 2.24) is 10.3 Å². The predicted octanol–water partition coefficient (Wildman–Crippen LogP) is 2.38. The van der Waals surface area contributed by atoms with Gasteiger partial charge in [0.05, 0.1) is 6.54 Å². The summed E-state index contributed by atoms with van der Waals surface area (Å²) in [6, 6.07) is 4.28. The van der Waals surface area contributed by atoms with E-state index >= 15 is 0 Å². The summed E-state index contributed by atoms with van der Waals surface area (Å²) in [6.07, 6.45) is 5.41. The van der Waals surface area contributed by atoms with Gasteiger partial charge in [0.2, 0.25) is 0 Å². The van der Waals surface area contributed by atoms with Crippen molar-refractivity contribution >= 4 is 5.82 Å². The lowest BCUT2D eigenvalue weighted by atomic mass is 10.1. The number of nitrogens with one attached hydrogen (secondary N) is 1. The molecule has 1 heterocycles. The summed E-state index contributed by atoms with van der Waals surface area (Å²) in [5, 5.41) is 3.18. The summed E-state index contributed by atoms with van der Waals surface area (Å²) >= 11 is 0. The van der Waals surface area contributed by atoms with Crippen molar-refractivity contribution in [2.24, 2.45) is 0 Å². The minimum Gasteiger partial charge on any atom is -0.346 e. The van der Waals surface area contributed by atoms with E-state index in [2.05, 4.69) is 49.0 Å². The van der Waals surface area contributed by atoms with Crippen LogP contribution in [0.3, 0.4) is 0 Å². The maximum absolute atomic E-state index is 5.41. The van der Waals surface area contributed by atoms with Crippen molar-refractivity contribution in [3.8, 4) is 12.3 Å². The number of anilines is 1. The first-order valence-electron chi connectivity index (χ1n) is 6.46. The Labute approximate surface area is 111 Å². The number of rotatable bonds is 6. The second-order valence-corrected chi connectivity index (χ2v) is 4.66. The first kappa shape index (κ1) is 14.5. The highest BCUT2D eigenvalue weighted by Gasteiger charge is 2.10. The Morgan fingerprint density at radius 1 is 1.44 bits per heavy atom. The van der Waals surface area contributed by atoms with E-state index in [9.17, 15) is 0 Å². The molecule has 0 atom stereocenters. The Morgan fingerprint density at radius 2 is 2.17 bits per heavy atom. The molecule has 0 saturated carbocycles. The molecule has 0 aromatic carbocycles. The highest BCUT2D eigenvalue weighted by atomic mass is 15.2. The van der Waals surface area contributed by atoms with Gasteiger partial charge in [0.15, 0.2) is 0 Å². The zero-order valence-corrected chi connectivity index (χ0v) is 11.8. The van der Waals surface area contributed by atoms with Crippen LogP contribution in [0.15, 0.2) is 12.1 Å². The van der Waals surface area contributed by atoms with E-state index in [0.717, 1.165) is 24.6 Å². The van der Waals surface area contributed by atoms with Gasteiger partial charge in [0.1, 0.15) is 5.82 Å². The van der Waals surface area contributed by atoms with Crippen LogP contribution >= 0.6 is 0 Å². The van der Waals surface area contributed by atoms with Crippen LogP contribution in [0, 0.1) is 12.3 Å². The second kappa shape index (κ2) is 7.03. The van der Waals surface area contributed by atoms with Gasteiger partial charge in [0.25, 0.3) is 0 Å². The molecular weight excluding hydrogens is 222 g/mol. The molecule has 0 radical (unpaired) electrons. The summed E-state index contributed by atoms with van der Waals surface area (Å²) in [4.78, 5) is 6.82. The molecule has 0 aliphatic heterocycles. The third kappa shape index (κ3) is 3.75. The van der Waals surface area contributed by atoms with Crippen molar-refractivity contribution in [3.63, 3.8) is 0 Å². The molecule has 0 aliphatic rings. The Bertz CT molecular complexity index is 418. The summed E-state index contributed by atoms with van der Waals surface area (Å²) in [5.74, 6) is 4.09. The molecule has 0 amide bonds. The van der Waals surface area contributed by atoms with Gasteiger partial charge in [0, 0.05) is 18.8 Å². The number of hydrogen-bond acceptors (Lipinski definition) is 3. The van der Waals surface area contributed by atoms with Gasteiger partial charge in [-0.1, -0.05) is 19.8 Å². The molecular formula is C15H23N3. The van der Waals surface area contributed by atoms with Crippen molar-refractivity contribution in [2.45, 2.75) is 33.2 Å². The van der Waals surface area contributed by atoms with Crippen LogP contribution in [0.1, 0.15) is 37.9 Å². The standard InChI is InChI=1S/C15H23N3/c1-6-8-18(7-2)15-10-13(11-16-5)9-14(17-15)12(3)4/h1,9-10,12,16H,7-8,11H2,2-5H3. The molecule has 0 bridgehead atoms. The smallest absolute Gasteiger partial charge is 0.129 e. The Hall–Kier alpha value is -1.53. The number of hydrogen-bond donors (Lipinski definition) is 1. The highest BCUT2D eigenvalue weighted by Crippen LogP contribution is 2.20. The zero-order chi connectivity index (χ0) is 13.5. The van der Waals surface area contributed by atoms with Crippen molar-refractivity contribution in [2.75, 3.05) is 25.0 Å². The van der Waals surface area contributed by atoms with Crippen molar-refractivity contribution < 1.29 is 0 Å². The predicted molar refractivity (Wildman–Crippen MR) is 77.8 cm³/mol. The summed E-state index contributed by atoms with van der Waals surface area (Å²) in [7, 11) is 1.95. The Morgan fingerprint density at radius 3 is 2.67 bits per heavy atom. The Kier molecular flexibility index (Phi) is 5.67. The lowest BCUT2D eigenvalue weighted by Gasteiger charge is -2.21. The van der Waals surface area contributed by atoms with Crippen LogP contribution in [0.2, 0.25) is 0 Å². The first-order chi connectivity index (χ1) is 8.62. The topological polar surface area (TPSA) is 28.2 Å². The quantitative estimate of drug-likeness (QED) is 0.780. The van der Waals surface area contributed by atoms with Crippen LogP contribution in [-0.2, 0) is 6.54 Å². The largest absolute Gasteiger partial charge is 0.346 e. The highest BCUT2D eigenvalue weighted by molar-refractivity contribution is 5.44.